The van der Waals surface area contributed by atoms with Crippen molar-refractivity contribution in [2.45, 2.75) is 13.1 Å². The number of nitrogens with zero attached hydrogens (tertiary/aromatic N) is 3. The van der Waals surface area contributed by atoms with Gasteiger partial charge in [-0.15, -0.1) is 11.3 Å². The van der Waals surface area contributed by atoms with Crippen LogP contribution in [0.5, 0.6) is 0 Å². The van der Waals surface area contributed by atoms with Crippen LogP contribution >= 0.6 is 11.3 Å². The number of benzene rings is 1. The van der Waals surface area contributed by atoms with Crippen LogP contribution in [-0.2, 0) is 17.8 Å². The Morgan fingerprint density at radius 2 is 2.07 bits per heavy atom. The van der Waals surface area contributed by atoms with Gasteiger partial charge < -0.3 is 14.1 Å². The Morgan fingerprint density at radius 3 is 2.89 bits per heavy atom. The van der Waals surface area contributed by atoms with Gasteiger partial charge >= 0.3 is 5.63 Å². The standard InChI is InChI=1S/C20H21N3O4S/c1-22(11-15-13-28-18(21-15)12-23-6-8-26-9-7-23)19(24)16-10-14-4-2-3-5-17(14)27-20(16)25/h2-5,10,13H,6-9,11-12H2,1H3. The molecule has 0 bridgehead atoms. The highest BCUT2D eigenvalue weighted by Crippen LogP contribution is 2.17. The molecule has 146 valence electrons. The van der Waals surface area contributed by atoms with Crippen LogP contribution in [-0.4, -0.2) is 54.0 Å². The van der Waals surface area contributed by atoms with Crippen molar-refractivity contribution in [3.63, 3.8) is 0 Å². The number of hydrogen-bond acceptors (Lipinski definition) is 7. The second kappa shape index (κ2) is 8.22. The number of morpholine rings is 1. The molecule has 0 unspecified atom stereocenters. The minimum absolute atomic E-state index is 0.0324. The number of ether oxygens (including phenoxy) is 1. The molecule has 3 heterocycles. The van der Waals surface area contributed by atoms with E-state index in [9.17, 15) is 9.59 Å². The number of rotatable bonds is 5. The molecule has 28 heavy (non-hydrogen) atoms. The van der Waals surface area contributed by atoms with Crippen molar-refractivity contribution in [3.8, 4) is 0 Å². The zero-order valence-electron chi connectivity index (χ0n) is 15.6. The van der Waals surface area contributed by atoms with E-state index < -0.39 is 5.63 Å². The third-order valence-electron chi connectivity index (χ3n) is 4.68. The number of fused-ring (bicyclic) bond motifs is 1. The SMILES string of the molecule is CN(Cc1csc(CN2CCOCC2)n1)C(=O)c1cc2ccccc2oc1=O. The van der Waals surface area contributed by atoms with E-state index in [0.717, 1.165) is 48.9 Å². The Morgan fingerprint density at radius 1 is 1.29 bits per heavy atom. The minimum atomic E-state index is -0.623. The molecule has 4 rings (SSSR count). The molecule has 0 saturated carbocycles. The predicted octanol–water partition coefficient (Wildman–Crippen LogP) is 2.35. The zero-order chi connectivity index (χ0) is 19.5. The topological polar surface area (TPSA) is 75.9 Å². The third kappa shape index (κ3) is 4.14. The molecule has 1 saturated heterocycles. The summed E-state index contributed by atoms with van der Waals surface area (Å²) in [6.45, 7) is 4.45. The molecule has 0 spiro atoms. The molecule has 0 N–H and O–H groups in total. The Balaban J connectivity index is 1.45. The average Bonchev–Trinajstić information content (AvgIpc) is 3.14. The quantitative estimate of drug-likeness (QED) is 0.613. The van der Waals surface area contributed by atoms with E-state index in [4.69, 9.17) is 9.15 Å². The van der Waals surface area contributed by atoms with Crippen molar-refractivity contribution >= 4 is 28.2 Å². The molecule has 1 aromatic carbocycles. The highest BCUT2D eigenvalue weighted by Gasteiger charge is 2.19. The van der Waals surface area contributed by atoms with Gasteiger partial charge in [0.15, 0.2) is 0 Å². The van der Waals surface area contributed by atoms with Crippen molar-refractivity contribution in [1.82, 2.24) is 14.8 Å². The number of thiazole rings is 1. The van der Waals surface area contributed by atoms with Crippen molar-refractivity contribution in [3.05, 3.63) is 62.4 Å². The fourth-order valence-electron chi connectivity index (χ4n) is 3.18. The number of hydrogen-bond donors (Lipinski definition) is 0. The van der Waals surface area contributed by atoms with Gasteiger partial charge in [-0.3, -0.25) is 9.69 Å². The second-order valence-corrected chi connectivity index (χ2v) is 7.71. The van der Waals surface area contributed by atoms with Crippen LogP contribution in [0.25, 0.3) is 11.0 Å². The largest absolute Gasteiger partial charge is 0.422 e. The molecular formula is C20H21N3O4S. The lowest BCUT2D eigenvalue weighted by molar-refractivity contribution is 0.0341. The summed E-state index contributed by atoms with van der Waals surface area (Å²) in [5, 5.41) is 3.70. The smallest absolute Gasteiger partial charge is 0.349 e. The van der Waals surface area contributed by atoms with E-state index in [1.807, 2.05) is 17.5 Å². The molecule has 7 nitrogen and oxygen atoms in total. The van der Waals surface area contributed by atoms with Crippen LogP contribution in [0.1, 0.15) is 21.1 Å². The first kappa shape index (κ1) is 18.8. The van der Waals surface area contributed by atoms with E-state index in [-0.39, 0.29) is 11.5 Å². The van der Waals surface area contributed by atoms with Gasteiger partial charge in [0.1, 0.15) is 16.2 Å². The van der Waals surface area contributed by atoms with Gasteiger partial charge in [-0.25, -0.2) is 9.78 Å². The number of amides is 1. The molecule has 0 atom stereocenters. The number of aromatic nitrogens is 1. The Hall–Kier alpha value is -2.55. The number of carbonyl (C=O) groups is 1. The van der Waals surface area contributed by atoms with Gasteiger partial charge in [0.2, 0.25) is 0 Å². The molecular weight excluding hydrogens is 378 g/mol. The fraction of sp³-hybridized carbons (Fsp3) is 0.350. The van der Waals surface area contributed by atoms with Crippen molar-refractivity contribution < 1.29 is 13.9 Å². The lowest BCUT2D eigenvalue weighted by Gasteiger charge is -2.25. The molecule has 3 aromatic rings. The van der Waals surface area contributed by atoms with Gasteiger partial charge in [0.25, 0.3) is 5.91 Å². The van der Waals surface area contributed by atoms with Crippen LogP contribution in [0.15, 0.2) is 44.9 Å². The van der Waals surface area contributed by atoms with E-state index in [1.165, 1.54) is 4.90 Å². The Labute approximate surface area is 166 Å². The first-order valence-corrected chi connectivity index (χ1v) is 10.00. The summed E-state index contributed by atoms with van der Waals surface area (Å²) in [5.41, 5.74) is 0.694. The summed E-state index contributed by atoms with van der Waals surface area (Å²) in [6.07, 6.45) is 0. The lowest BCUT2D eigenvalue weighted by Crippen LogP contribution is -2.35. The molecule has 1 aliphatic rings. The summed E-state index contributed by atoms with van der Waals surface area (Å²) in [7, 11) is 1.66. The Bertz CT molecular complexity index is 1040. The first-order valence-electron chi connectivity index (χ1n) is 9.12. The first-order chi connectivity index (χ1) is 13.6. The van der Waals surface area contributed by atoms with Crippen LogP contribution in [0.4, 0.5) is 0 Å². The lowest BCUT2D eigenvalue weighted by atomic mass is 10.1. The highest BCUT2D eigenvalue weighted by atomic mass is 32.1. The third-order valence-corrected chi connectivity index (χ3v) is 5.56. The minimum Gasteiger partial charge on any atom is -0.422 e. The zero-order valence-corrected chi connectivity index (χ0v) is 16.4. The maximum atomic E-state index is 12.8. The highest BCUT2D eigenvalue weighted by molar-refractivity contribution is 7.09. The normalized spacial score (nSPS) is 15.0. The number of carbonyl (C=O) groups excluding carboxylic acids is 1. The van der Waals surface area contributed by atoms with E-state index in [2.05, 4.69) is 9.88 Å². The van der Waals surface area contributed by atoms with Gasteiger partial charge in [-0.05, 0) is 12.1 Å². The summed E-state index contributed by atoms with van der Waals surface area (Å²) in [5.74, 6) is -0.373. The molecule has 1 amide bonds. The predicted molar refractivity (Wildman–Crippen MR) is 106 cm³/mol. The maximum Gasteiger partial charge on any atom is 0.349 e. The van der Waals surface area contributed by atoms with Crippen LogP contribution in [0.2, 0.25) is 0 Å². The molecule has 8 heteroatoms. The summed E-state index contributed by atoms with van der Waals surface area (Å²) in [6, 6.07) is 8.74. The Kier molecular flexibility index (Phi) is 5.52. The van der Waals surface area contributed by atoms with Crippen molar-refractivity contribution in [1.29, 1.82) is 0 Å². The van der Waals surface area contributed by atoms with Gasteiger partial charge in [0, 0.05) is 30.9 Å². The van der Waals surface area contributed by atoms with E-state index in [1.54, 1.807) is 36.6 Å². The monoisotopic (exact) mass is 399 g/mol. The molecule has 0 aliphatic carbocycles. The fourth-order valence-corrected chi connectivity index (χ4v) is 4.00. The van der Waals surface area contributed by atoms with Gasteiger partial charge in [0.05, 0.1) is 32.0 Å². The van der Waals surface area contributed by atoms with Crippen molar-refractivity contribution in [2.75, 3.05) is 33.4 Å². The van der Waals surface area contributed by atoms with Gasteiger partial charge in [-0.2, -0.15) is 0 Å². The van der Waals surface area contributed by atoms with E-state index >= 15 is 0 Å². The second-order valence-electron chi connectivity index (χ2n) is 6.77. The summed E-state index contributed by atoms with van der Waals surface area (Å²) in [4.78, 5) is 33.4. The molecule has 2 aromatic heterocycles. The number of para-hydroxylation sites is 1. The molecule has 0 radical (unpaired) electrons. The van der Waals surface area contributed by atoms with Crippen LogP contribution in [0.3, 0.4) is 0 Å². The van der Waals surface area contributed by atoms with Crippen molar-refractivity contribution in [2.24, 2.45) is 0 Å². The maximum absolute atomic E-state index is 12.8. The van der Waals surface area contributed by atoms with Crippen LogP contribution < -0.4 is 5.63 Å². The van der Waals surface area contributed by atoms with E-state index in [0.29, 0.717) is 12.1 Å². The summed E-state index contributed by atoms with van der Waals surface area (Å²) >= 11 is 1.59. The molecule has 1 fully saturated rings. The molecule has 1 aliphatic heterocycles. The average molecular weight is 399 g/mol. The summed E-state index contributed by atoms with van der Waals surface area (Å²) < 4.78 is 10.6. The van der Waals surface area contributed by atoms with Crippen LogP contribution in [0, 0.1) is 0 Å². The van der Waals surface area contributed by atoms with Gasteiger partial charge in [-0.1, -0.05) is 18.2 Å².